The number of carbonyl (C=O) groups excluding carboxylic acids is 1. The van der Waals surface area contributed by atoms with Gasteiger partial charge in [-0.3, -0.25) is 4.79 Å². The van der Waals surface area contributed by atoms with E-state index in [1.165, 1.54) is 11.3 Å². The van der Waals surface area contributed by atoms with Gasteiger partial charge in [0.2, 0.25) is 5.91 Å². The van der Waals surface area contributed by atoms with Crippen molar-refractivity contribution in [2.45, 2.75) is 44.2 Å². The number of nitrogens with two attached hydrogens (primary N) is 1. The highest BCUT2D eigenvalue weighted by atomic mass is 32.1. The van der Waals surface area contributed by atoms with Crippen LogP contribution in [0.3, 0.4) is 0 Å². The standard InChI is InChI=1S/C16H27N3OS/c1-12-6-4-8-16(17,10-12)15(20)18-11-13(19(2)3)14-7-5-9-21-14/h5,7,9,12-13H,4,6,8,10-11,17H2,1-3H3,(H,18,20). The van der Waals surface area contributed by atoms with Crippen LogP contribution in [0.4, 0.5) is 0 Å². The first-order valence-corrected chi connectivity index (χ1v) is 8.57. The molecule has 1 fully saturated rings. The molecular formula is C16H27N3OS. The van der Waals surface area contributed by atoms with Crippen LogP contribution < -0.4 is 11.1 Å². The number of amides is 1. The van der Waals surface area contributed by atoms with Crippen molar-refractivity contribution < 1.29 is 4.79 Å². The van der Waals surface area contributed by atoms with Crippen molar-refractivity contribution in [1.29, 1.82) is 0 Å². The second kappa shape index (κ2) is 6.90. The number of nitrogens with zero attached hydrogens (tertiary/aromatic N) is 1. The molecule has 1 amide bonds. The lowest BCUT2D eigenvalue weighted by Crippen LogP contribution is -2.57. The number of nitrogens with one attached hydrogen (secondary N) is 1. The highest BCUT2D eigenvalue weighted by Crippen LogP contribution is 2.31. The second-order valence-electron chi connectivity index (χ2n) is 6.56. The molecule has 5 heteroatoms. The molecule has 0 saturated heterocycles. The van der Waals surface area contributed by atoms with Gasteiger partial charge in [0.15, 0.2) is 0 Å². The van der Waals surface area contributed by atoms with E-state index in [-0.39, 0.29) is 11.9 Å². The van der Waals surface area contributed by atoms with Gasteiger partial charge < -0.3 is 16.0 Å². The van der Waals surface area contributed by atoms with Gasteiger partial charge in [0.1, 0.15) is 0 Å². The van der Waals surface area contributed by atoms with Crippen molar-refractivity contribution in [3.8, 4) is 0 Å². The Morgan fingerprint density at radius 2 is 2.38 bits per heavy atom. The van der Waals surface area contributed by atoms with E-state index in [9.17, 15) is 4.79 Å². The van der Waals surface area contributed by atoms with Crippen LogP contribution in [0.25, 0.3) is 0 Å². The third-order valence-electron chi connectivity index (χ3n) is 4.44. The lowest BCUT2D eigenvalue weighted by molar-refractivity contribution is -0.128. The van der Waals surface area contributed by atoms with E-state index in [1.54, 1.807) is 11.3 Å². The zero-order chi connectivity index (χ0) is 15.5. The normalized spacial score (nSPS) is 27.6. The summed E-state index contributed by atoms with van der Waals surface area (Å²) < 4.78 is 0. The Kier molecular flexibility index (Phi) is 5.41. The third kappa shape index (κ3) is 4.05. The van der Waals surface area contributed by atoms with Gasteiger partial charge in [-0.05, 0) is 44.3 Å². The van der Waals surface area contributed by atoms with Crippen LogP contribution in [-0.2, 0) is 4.79 Å². The summed E-state index contributed by atoms with van der Waals surface area (Å²) in [6.45, 7) is 2.79. The van der Waals surface area contributed by atoms with Gasteiger partial charge in [0, 0.05) is 11.4 Å². The predicted octanol–water partition coefficient (Wildman–Crippen LogP) is 2.37. The van der Waals surface area contributed by atoms with Crippen molar-refractivity contribution in [3.63, 3.8) is 0 Å². The fourth-order valence-corrected chi connectivity index (χ4v) is 4.10. The number of thiophene rings is 1. The number of hydrogen-bond acceptors (Lipinski definition) is 4. The van der Waals surface area contributed by atoms with Crippen molar-refractivity contribution in [2.75, 3.05) is 20.6 Å². The molecule has 4 nitrogen and oxygen atoms in total. The molecule has 2 rings (SSSR count). The summed E-state index contributed by atoms with van der Waals surface area (Å²) in [5.74, 6) is 0.550. The quantitative estimate of drug-likeness (QED) is 0.878. The molecule has 0 bridgehead atoms. The summed E-state index contributed by atoms with van der Waals surface area (Å²) in [5, 5.41) is 5.15. The molecule has 21 heavy (non-hydrogen) atoms. The molecule has 1 aliphatic carbocycles. The van der Waals surface area contributed by atoms with Gasteiger partial charge in [-0.1, -0.05) is 25.8 Å². The molecule has 118 valence electrons. The van der Waals surface area contributed by atoms with Crippen LogP contribution in [0, 0.1) is 5.92 Å². The van der Waals surface area contributed by atoms with Crippen LogP contribution in [0.1, 0.15) is 43.5 Å². The lowest BCUT2D eigenvalue weighted by Gasteiger charge is -2.36. The fourth-order valence-electron chi connectivity index (χ4n) is 3.18. The van der Waals surface area contributed by atoms with E-state index in [0.717, 1.165) is 19.3 Å². The summed E-state index contributed by atoms with van der Waals surface area (Å²) in [6.07, 6.45) is 3.83. The Balaban J connectivity index is 1.96. The minimum Gasteiger partial charge on any atom is -0.353 e. The summed E-state index contributed by atoms with van der Waals surface area (Å²) in [4.78, 5) is 15.9. The average molecular weight is 309 g/mol. The number of rotatable bonds is 5. The molecule has 1 heterocycles. The van der Waals surface area contributed by atoms with Crippen molar-refractivity contribution in [1.82, 2.24) is 10.2 Å². The highest BCUT2D eigenvalue weighted by molar-refractivity contribution is 7.10. The molecule has 3 N–H and O–H groups in total. The molecule has 1 aromatic heterocycles. The first kappa shape index (κ1) is 16.5. The van der Waals surface area contributed by atoms with Gasteiger partial charge in [0.05, 0.1) is 11.6 Å². The van der Waals surface area contributed by atoms with E-state index in [2.05, 4.69) is 28.6 Å². The second-order valence-corrected chi connectivity index (χ2v) is 7.54. The lowest BCUT2D eigenvalue weighted by atomic mass is 9.76. The SMILES string of the molecule is CC1CCCC(N)(C(=O)NCC(c2cccs2)N(C)C)C1. The molecule has 3 atom stereocenters. The van der Waals surface area contributed by atoms with E-state index in [4.69, 9.17) is 5.73 Å². The van der Waals surface area contributed by atoms with Gasteiger partial charge in [-0.2, -0.15) is 0 Å². The summed E-state index contributed by atoms with van der Waals surface area (Å²) >= 11 is 1.72. The third-order valence-corrected chi connectivity index (χ3v) is 5.41. The zero-order valence-corrected chi connectivity index (χ0v) is 14.1. The smallest absolute Gasteiger partial charge is 0.240 e. The Bertz CT molecular complexity index is 460. The highest BCUT2D eigenvalue weighted by Gasteiger charge is 2.38. The monoisotopic (exact) mass is 309 g/mol. The van der Waals surface area contributed by atoms with Gasteiger partial charge in [-0.25, -0.2) is 0 Å². The van der Waals surface area contributed by atoms with Crippen molar-refractivity contribution in [3.05, 3.63) is 22.4 Å². The number of likely N-dealkylation sites (N-methyl/N-ethyl adjacent to an activating group) is 1. The Hall–Kier alpha value is -0.910. The summed E-state index contributed by atoms with van der Waals surface area (Å²) in [7, 11) is 4.08. The zero-order valence-electron chi connectivity index (χ0n) is 13.3. The minimum atomic E-state index is -0.677. The predicted molar refractivity (Wildman–Crippen MR) is 88.3 cm³/mol. The first-order valence-electron chi connectivity index (χ1n) is 7.69. The molecule has 3 unspecified atom stereocenters. The molecule has 1 aliphatic rings. The van der Waals surface area contributed by atoms with Gasteiger partial charge in [0.25, 0.3) is 0 Å². The van der Waals surface area contributed by atoms with Crippen molar-refractivity contribution >= 4 is 17.2 Å². The Labute approximate surface area is 131 Å². The molecule has 0 aromatic carbocycles. The van der Waals surface area contributed by atoms with E-state index in [1.807, 2.05) is 20.2 Å². The average Bonchev–Trinajstić information content (AvgIpc) is 2.92. The summed E-state index contributed by atoms with van der Waals surface area (Å²) in [6, 6.07) is 4.37. The van der Waals surface area contributed by atoms with E-state index < -0.39 is 5.54 Å². The van der Waals surface area contributed by atoms with Gasteiger partial charge >= 0.3 is 0 Å². The van der Waals surface area contributed by atoms with Crippen LogP contribution in [0.5, 0.6) is 0 Å². The van der Waals surface area contributed by atoms with E-state index >= 15 is 0 Å². The number of carbonyl (C=O) groups is 1. The van der Waals surface area contributed by atoms with E-state index in [0.29, 0.717) is 12.5 Å². The largest absolute Gasteiger partial charge is 0.353 e. The van der Waals surface area contributed by atoms with Crippen molar-refractivity contribution in [2.24, 2.45) is 11.7 Å². The number of hydrogen-bond donors (Lipinski definition) is 2. The molecule has 1 aromatic rings. The van der Waals surface area contributed by atoms with Crippen LogP contribution in [-0.4, -0.2) is 37.0 Å². The summed E-state index contributed by atoms with van der Waals surface area (Å²) in [5.41, 5.74) is 5.67. The maximum absolute atomic E-state index is 12.5. The Morgan fingerprint density at radius 1 is 1.62 bits per heavy atom. The first-order chi connectivity index (χ1) is 9.92. The molecule has 1 saturated carbocycles. The topological polar surface area (TPSA) is 58.4 Å². The minimum absolute atomic E-state index is 0.0115. The molecular weight excluding hydrogens is 282 g/mol. The molecule has 0 spiro atoms. The van der Waals surface area contributed by atoms with Crippen LogP contribution in [0.15, 0.2) is 17.5 Å². The van der Waals surface area contributed by atoms with Gasteiger partial charge in [-0.15, -0.1) is 11.3 Å². The molecule has 0 radical (unpaired) electrons. The van der Waals surface area contributed by atoms with Crippen LogP contribution in [0.2, 0.25) is 0 Å². The maximum Gasteiger partial charge on any atom is 0.240 e. The fraction of sp³-hybridized carbons (Fsp3) is 0.688. The maximum atomic E-state index is 12.5. The van der Waals surface area contributed by atoms with Crippen LogP contribution >= 0.6 is 11.3 Å². The Morgan fingerprint density at radius 3 is 2.95 bits per heavy atom. The molecule has 0 aliphatic heterocycles.